The molecule has 7 heteroatoms. The van der Waals surface area contributed by atoms with Crippen molar-refractivity contribution in [2.45, 2.75) is 36.3 Å². The number of carbonyl (C=O) groups is 1. The lowest BCUT2D eigenvalue weighted by atomic mass is 10.1. The van der Waals surface area contributed by atoms with Crippen molar-refractivity contribution in [3.63, 3.8) is 0 Å². The van der Waals surface area contributed by atoms with Gasteiger partial charge in [-0.15, -0.1) is 10.2 Å². The Bertz CT molecular complexity index is 1170. The SMILES string of the molecule is CCCCCOc1ccc(C(=O)Nc2nnc(SCc3cccc4ccccc34)s2)cc1. The van der Waals surface area contributed by atoms with Crippen LogP contribution >= 0.6 is 23.1 Å². The summed E-state index contributed by atoms with van der Waals surface area (Å²) in [5.41, 5.74) is 1.82. The van der Waals surface area contributed by atoms with Crippen LogP contribution in [0.2, 0.25) is 0 Å². The van der Waals surface area contributed by atoms with Crippen molar-refractivity contribution in [3.8, 4) is 5.75 Å². The first kappa shape index (κ1) is 22.3. The lowest BCUT2D eigenvalue weighted by Crippen LogP contribution is -2.11. The first-order valence-corrected chi connectivity index (χ1v) is 12.5. The number of hydrogen-bond donors (Lipinski definition) is 1. The van der Waals surface area contributed by atoms with Crippen LogP contribution in [0.5, 0.6) is 5.75 Å². The fourth-order valence-corrected chi connectivity index (χ4v) is 5.04. The molecule has 1 aromatic heterocycles. The summed E-state index contributed by atoms with van der Waals surface area (Å²) in [6, 6.07) is 21.9. The third kappa shape index (κ3) is 5.87. The number of carbonyl (C=O) groups excluding carboxylic acids is 1. The number of unbranched alkanes of at least 4 members (excludes halogenated alkanes) is 2. The van der Waals surface area contributed by atoms with Crippen LogP contribution in [-0.4, -0.2) is 22.7 Å². The fraction of sp³-hybridized carbons (Fsp3) is 0.240. The summed E-state index contributed by atoms with van der Waals surface area (Å²) in [5.74, 6) is 1.37. The maximum Gasteiger partial charge on any atom is 0.257 e. The molecule has 0 aliphatic carbocycles. The van der Waals surface area contributed by atoms with Gasteiger partial charge in [0.05, 0.1) is 6.61 Å². The average molecular weight is 464 g/mol. The molecule has 0 saturated heterocycles. The molecule has 1 N–H and O–H groups in total. The van der Waals surface area contributed by atoms with Crippen molar-refractivity contribution >= 4 is 44.9 Å². The molecule has 5 nitrogen and oxygen atoms in total. The van der Waals surface area contributed by atoms with Crippen LogP contribution in [0.15, 0.2) is 71.1 Å². The van der Waals surface area contributed by atoms with E-state index in [1.54, 1.807) is 23.9 Å². The molecular formula is C25H25N3O2S2. The molecule has 0 aliphatic heterocycles. The second kappa shape index (κ2) is 11.1. The van der Waals surface area contributed by atoms with Crippen LogP contribution in [-0.2, 0) is 5.75 Å². The van der Waals surface area contributed by atoms with E-state index >= 15 is 0 Å². The van der Waals surface area contributed by atoms with E-state index in [0.29, 0.717) is 17.3 Å². The van der Waals surface area contributed by atoms with E-state index in [9.17, 15) is 4.79 Å². The Morgan fingerprint density at radius 3 is 2.66 bits per heavy atom. The van der Waals surface area contributed by atoms with Crippen LogP contribution in [0.3, 0.4) is 0 Å². The van der Waals surface area contributed by atoms with Gasteiger partial charge in [0.25, 0.3) is 5.91 Å². The molecule has 0 fully saturated rings. The summed E-state index contributed by atoms with van der Waals surface area (Å²) in [4.78, 5) is 12.5. The highest BCUT2D eigenvalue weighted by Gasteiger charge is 2.11. The zero-order chi connectivity index (χ0) is 22.2. The number of amides is 1. The third-order valence-corrected chi connectivity index (χ3v) is 7.01. The number of nitrogens with one attached hydrogen (secondary N) is 1. The topological polar surface area (TPSA) is 64.1 Å². The second-order valence-electron chi connectivity index (χ2n) is 7.33. The Kier molecular flexibility index (Phi) is 7.74. The van der Waals surface area contributed by atoms with Gasteiger partial charge in [0.2, 0.25) is 5.13 Å². The molecule has 0 atom stereocenters. The quantitative estimate of drug-likeness (QED) is 0.159. The van der Waals surface area contributed by atoms with Crippen molar-refractivity contribution in [3.05, 3.63) is 77.9 Å². The molecule has 0 saturated carbocycles. The number of rotatable bonds is 10. The summed E-state index contributed by atoms with van der Waals surface area (Å²) < 4.78 is 6.52. The van der Waals surface area contributed by atoms with Gasteiger partial charge >= 0.3 is 0 Å². The minimum Gasteiger partial charge on any atom is -0.494 e. The lowest BCUT2D eigenvalue weighted by molar-refractivity contribution is 0.102. The highest BCUT2D eigenvalue weighted by Crippen LogP contribution is 2.31. The zero-order valence-corrected chi connectivity index (χ0v) is 19.5. The summed E-state index contributed by atoms with van der Waals surface area (Å²) >= 11 is 3.01. The molecule has 4 aromatic rings. The molecule has 164 valence electrons. The number of hydrogen-bond acceptors (Lipinski definition) is 6. The Balaban J connectivity index is 1.31. The smallest absolute Gasteiger partial charge is 0.257 e. The van der Waals surface area contributed by atoms with Gasteiger partial charge in [0.1, 0.15) is 5.75 Å². The molecule has 0 unspecified atom stereocenters. The van der Waals surface area contributed by atoms with Gasteiger partial charge in [-0.2, -0.15) is 0 Å². The predicted molar refractivity (Wildman–Crippen MR) is 133 cm³/mol. The Hall–Kier alpha value is -2.90. The Morgan fingerprint density at radius 2 is 1.81 bits per heavy atom. The number of nitrogens with zero attached hydrogens (tertiary/aromatic N) is 2. The van der Waals surface area contributed by atoms with Crippen molar-refractivity contribution in [2.24, 2.45) is 0 Å². The van der Waals surface area contributed by atoms with Gasteiger partial charge in [-0.05, 0) is 47.0 Å². The summed E-state index contributed by atoms with van der Waals surface area (Å²) in [6.45, 7) is 2.86. The third-order valence-electron chi connectivity index (χ3n) is 4.99. The number of thioether (sulfide) groups is 1. The monoisotopic (exact) mass is 463 g/mol. The van der Waals surface area contributed by atoms with Gasteiger partial charge in [0, 0.05) is 11.3 Å². The molecule has 1 amide bonds. The van der Waals surface area contributed by atoms with E-state index < -0.39 is 0 Å². The number of aromatic nitrogens is 2. The lowest BCUT2D eigenvalue weighted by Gasteiger charge is -2.06. The number of anilines is 1. The van der Waals surface area contributed by atoms with Gasteiger partial charge in [-0.3, -0.25) is 10.1 Å². The summed E-state index contributed by atoms with van der Waals surface area (Å²) in [7, 11) is 0. The summed E-state index contributed by atoms with van der Waals surface area (Å²) in [6.07, 6.45) is 3.36. The van der Waals surface area contributed by atoms with Gasteiger partial charge in [0.15, 0.2) is 4.34 Å². The molecule has 0 bridgehead atoms. The van der Waals surface area contributed by atoms with E-state index in [0.717, 1.165) is 35.1 Å². The van der Waals surface area contributed by atoms with E-state index in [4.69, 9.17) is 4.74 Å². The van der Waals surface area contributed by atoms with E-state index in [2.05, 4.69) is 58.8 Å². The highest BCUT2D eigenvalue weighted by molar-refractivity contribution is 8.00. The van der Waals surface area contributed by atoms with Gasteiger partial charge < -0.3 is 4.74 Å². The molecule has 0 spiro atoms. The van der Waals surface area contributed by atoms with Crippen LogP contribution in [0.1, 0.15) is 42.1 Å². The van der Waals surface area contributed by atoms with Gasteiger partial charge in [-0.1, -0.05) is 85.3 Å². The number of ether oxygens (including phenoxy) is 1. The first-order chi connectivity index (χ1) is 15.7. The van der Waals surface area contributed by atoms with E-state index in [1.165, 1.54) is 27.7 Å². The minimum atomic E-state index is -0.204. The van der Waals surface area contributed by atoms with Crippen molar-refractivity contribution in [1.82, 2.24) is 10.2 Å². The Labute approximate surface area is 196 Å². The molecule has 0 radical (unpaired) electrons. The molecule has 1 heterocycles. The van der Waals surface area contributed by atoms with Crippen molar-refractivity contribution < 1.29 is 9.53 Å². The molecular weight excluding hydrogens is 438 g/mol. The molecule has 0 aliphatic rings. The van der Waals surface area contributed by atoms with E-state index in [1.807, 2.05) is 18.2 Å². The van der Waals surface area contributed by atoms with Crippen LogP contribution in [0, 0.1) is 0 Å². The first-order valence-electron chi connectivity index (χ1n) is 10.7. The molecule has 32 heavy (non-hydrogen) atoms. The second-order valence-corrected chi connectivity index (χ2v) is 9.53. The average Bonchev–Trinajstić information content (AvgIpc) is 3.28. The molecule has 4 rings (SSSR count). The van der Waals surface area contributed by atoms with Crippen LogP contribution in [0.25, 0.3) is 10.8 Å². The number of fused-ring (bicyclic) bond motifs is 1. The normalized spacial score (nSPS) is 10.9. The van der Waals surface area contributed by atoms with Gasteiger partial charge in [-0.25, -0.2) is 0 Å². The largest absolute Gasteiger partial charge is 0.494 e. The predicted octanol–water partition coefficient (Wildman–Crippen LogP) is 6.80. The van der Waals surface area contributed by atoms with E-state index in [-0.39, 0.29) is 5.91 Å². The molecule has 3 aromatic carbocycles. The standard InChI is InChI=1S/C25H25N3O2S2/c1-2-3-6-16-30-21-14-12-19(13-15-21)23(29)26-24-27-28-25(32-24)31-17-20-10-7-9-18-8-4-5-11-22(18)20/h4-5,7-15H,2-3,6,16-17H2,1H3,(H,26,27,29). The maximum absolute atomic E-state index is 12.5. The highest BCUT2D eigenvalue weighted by atomic mass is 32.2. The maximum atomic E-state index is 12.5. The summed E-state index contributed by atoms with van der Waals surface area (Å²) in [5, 5.41) is 14.2. The fourth-order valence-electron chi connectivity index (χ4n) is 3.29. The zero-order valence-electron chi connectivity index (χ0n) is 17.9. The Morgan fingerprint density at radius 1 is 1.00 bits per heavy atom. The van der Waals surface area contributed by atoms with Crippen molar-refractivity contribution in [2.75, 3.05) is 11.9 Å². The minimum absolute atomic E-state index is 0.204. The van der Waals surface area contributed by atoms with Crippen LogP contribution in [0.4, 0.5) is 5.13 Å². The van der Waals surface area contributed by atoms with Crippen molar-refractivity contribution in [1.29, 1.82) is 0 Å². The van der Waals surface area contributed by atoms with Crippen LogP contribution < -0.4 is 10.1 Å². The number of benzene rings is 3.